The number of halogens is 2. The Hall–Kier alpha value is -2.43. The average molecular weight is 263 g/mol. The Morgan fingerprint density at radius 3 is 2.53 bits per heavy atom. The number of carbonyl (C=O) groups excluding carboxylic acids is 1. The van der Waals surface area contributed by atoms with Gasteiger partial charge in [0.1, 0.15) is 5.82 Å². The van der Waals surface area contributed by atoms with E-state index in [0.717, 1.165) is 18.2 Å². The minimum atomic E-state index is -0.664. The van der Waals surface area contributed by atoms with Crippen LogP contribution >= 0.6 is 0 Å². The highest BCUT2D eigenvalue weighted by molar-refractivity contribution is 6.12. The van der Waals surface area contributed by atoms with Crippen molar-refractivity contribution in [3.63, 3.8) is 0 Å². The van der Waals surface area contributed by atoms with E-state index in [9.17, 15) is 13.6 Å². The van der Waals surface area contributed by atoms with Crippen LogP contribution in [0.3, 0.4) is 0 Å². The minimum Gasteiger partial charge on any atom is -0.494 e. The van der Waals surface area contributed by atoms with E-state index in [0.29, 0.717) is 0 Å². The minimum absolute atomic E-state index is 0.00423. The molecule has 0 saturated carbocycles. The Balaban J connectivity index is 2.44. The number of benzene rings is 2. The van der Waals surface area contributed by atoms with Gasteiger partial charge in [-0.1, -0.05) is 0 Å². The molecule has 2 aromatic rings. The molecule has 0 unspecified atom stereocenters. The molecule has 0 heterocycles. The Bertz CT molecular complexity index is 641. The van der Waals surface area contributed by atoms with Crippen LogP contribution in [0.4, 0.5) is 14.5 Å². The Morgan fingerprint density at radius 2 is 1.89 bits per heavy atom. The van der Waals surface area contributed by atoms with Crippen LogP contribution in [0.1, 0.15) is 15.9 Å². The number of anilines is 1. The number of carbonyl (C=O) groups is 1. The number of hydrogen-bond donors (Lipinski definition) is 1. The third kappa shape index (κ3) is 2.54. The lowest BCUT2D eigenvalue weighted by Gasteiger charge is -2.07. The molecule has 0 amide bonds. The van der Waals surface area contributed by atoms with Crippen molar-refractivity contribution in [2.24, 2.45) is 0 Å². The van der Waals surface area contributed by atoms with Crippen molar-refractivity contribution >= 4 is 11.5 Å². The molecule has 0 spiro atoms. The lowest BCUT2D eigenvalue weighted by atomic mass is 10.0. The highest BCUT2D eigenvalue weighted by Crippen LogP contribution is 2.22. The van der Waals surface area contributed by atoms with Gasteiger partial charge in [-0.3, -0.25) is 4.79 Å². The fraction of sp³-hybridized carbons (Fsp3) is 0.0714. The molecule has 5 heteroatoms. The van der Waals surface area contributed by atoms with E-state index in [1.807, 2.05) is 0 Å². The van der Waals surface area contributed by atoms with Crippen molar-refractivity contribution in [3.8, 4) is 5.75 Å². The monoisotopic (exact) mass is 263 g/mol. The second-order valence-corrected chi connectivity index (χ2v) is 3.91. The molecule has 19 heavy (non-hydrogen) atoms. The quantitative estimate of drug-likeness (QED) is 0.684. The molecule has 0 radical (unpaired) electrons. The second-order valence-electron chi connectivity index (χ2n) is 3.91. The predicted molar refractivity (Wildman–Crippen MR) is 67.2 cm³/mol. The maximum atomic E-state index is 13.5. The summed E-state index contributed by atoms with van der Waals surface area (Å²) in [5, 5.41) is 0. The first-order chi connectivity index (χ1) is 9.02. The van der Waals surface area contributed by atoms with Gasteiger partial charge in [0.2, 0.25) is 0 Å². The number of nitrogen functional groups attached to an aromatic ring is 1. The summed E-state index contributed by atoms with van der Waals surface area (Å²) in [5.41, 5.74) is 5.84. The van der Waals surface area contributed by atoms with E-state index in [1.165, 1.54) is 25.3 Å². The van der Waals surface area contributed by atoms with Crippen LogP contribution in [0.25, 0.3) is 0 Å². The van der Waals surface area contributed by atoms with Gasteiger partial charge in [0, 0.05) is 16.8 Å². The van der Waals surface area contributed by atoms with Crippen molar-refractivity contribution in [1.82, 2.24) is 0 Å². The fourth-order valence-electron chi connectivity index (χ4n) is 1.69. The molecule has 0 saturated heterocycles. The topological polar surface area (TPSA) is 52.3 Å². The Labute approximate surface area is 108 Å². The van der Waals surface area contributed by atoms with Crippen molar-refractivity contribution in [2.75, 3.05) is 12.8 Å². The zero-order chi connectivity index (χ0) is 14.0. The second kappa shape index (κ2) is 5.06. The first-order valence-electron chi connectivity index (χ1n) is 5.46. The summed E-state index contributed by atoms with van der Waals surface area (Å²) in [5.74, 6) is -1.75. The molecular weight excluding hydrogens is 252 g/mol. The first-order valence-corrected chi connectivity index (χ1v) is 5.46. The molecule has 2 N–H and O–H groups in total. The Kier molecular flexibility index (Phi) is 3.46. The third-order valence-electron chi connectivity index (χ3n) is 2.67. The largest absolute Gasteiger partial charge is 0.494 e. The molecule has 0 fully saturated rings. The van der Waals surface area contributed by atoms with E-state index >= 15 is 0 Å². The van der Waals surface area contributed by atoms with Crippen molar-refractivity contribution in [3.05, 3.63) is 59.2 Å². The third-order valence-corrected chi connectivity index (χ3v) is 2.67. The molecule has 0 aliphatic heterocycles. The number of rotatable bonds is 3. The van der Waals surface area contributed by atoms with Gasteiger partial charge in [-0.05, 0) is 36.4 Å². The zero-order valence-electron chi connectivity index (χ0n) is 10.1. The molecule has 0 bridgehead atoms. The number of hydrogen-bond acceptors (Lipinski definition) is 3. The zero-order valence-corrected chi connectivity index (χ0v) is 10.1. The lowest BCUT2D eigenvalue weighted by Crippen LogP contribution is -2.06. The van der Waals surface area contributed by atoms with E-state index < -0.39 is 17.4 Å². The van der Waals surface area contributed by atoms with Gasteiger partial charge in [0.05, 0.1) is 7.11 Å². The normalized spacial score (nSPS) is 10.3. The van der Waals surface area contributed by atoms with Crippen molar-refractivity contribution in [1.29, 1.82) is 0 Å². The average Bonchev–Trinajstić information content (AvgIpc) is 2.40. The molecule has 0 atom stereocenters. The summed E-state index contributed by atoms with van der Waals surface area (Å²) in [6.07, 6.45) is 0. The van der Waals surface area contributed by atoms with E-state index in [1.54, 1.807) is 0 Å². The summed E-state index contributed by atoms with van der Waals surface area (Å²) in [7, 11) is 1.32. The smallest absolute Gasteiger partial charge is 0.195 e. The van der Waals surface area contributed by atoms with Crippen LogP contribution in [-0.2, 0) is 0 Å². The van der Waals surface area contributed by atoms with Crippen molar-refractivity contribution in [2.45, 2.75) is 0 Å². The molecule has 0 aromatic heterocycles. The molecule has 3 nitrogen and oxygen atoms in total. The number of ether oxygens (including phenoxy) is 1. The van der Waals surface area contributed by atoms with Crippen LogP contribution in [0.5, 0.6) is 5.75 Å². The molecule has 98 valence electrons. The van der Waals surface area contributed by atoms with Gasteiger partial charge in [-0.15, -0.1) is 0 Å². The summed E-state index contributed by atoms with van der Waals surface area (Å²) in [4.78, 5) is 12.1. The van der Waals surface area contributed by atoms with Gasteiger partial charge >= 0.3 is 0 Å². The predicted octanol–water partition coefficient (Wildman–Crippen LogP) is 2.79. The van der Waals surface area contributed by atoms with E-state index in [4.69, 9.17) is 10.5 Å². The van der Waals surface area contributed by atoms with Gasteiger partial charge in [-0.2, -0.15) is 0 Å². The first kappa shape index (κ1) is 13.0. The molecule has 0 aliphatic carbocycles. The van der Waals surface area contributed by atoms with Crippen LogP contribution in [0.2, 0.25) is 0 Å². The highest BCUT2D eigenvalue weighted by Gasteiger charge is 2.15. The maximum Gasteiger partial charge on any atom is 0.195 e. The van der Waals surface area contributed by atoms with Gasteiger partial charge in [-0.25, -0.2) is 8.78 Å². The fourth-order valence-corrected chi connectivity index (χ4v) is 1.69. The number of nitrogens with two attached hydrogens (primary N) is 1. The maximum absolute atomic E-state index is 13.5. The molecule has 2 rings (SSSR count). The highest BCUT2D eigenvalue weighted by atomic mass is 19.1. The summed E-state index contributed by atoms with van der Waals surface area (Å²) in [6, 6.07) is 7.24. The van der Waals surface area contributed by atoms with Gasteiger partial charge < -0.3 is 10.5 Å². The summed E-state index contributed by atoms with van der Waals surface area (Å²) >= 11 is 0. The van der Waals surface area contributed by atoms with Crippen LogP contribution in [-0.4, -0.2) is 12.9 Å². The summed E-state index contributed by atoms with van der Waals surface area (Å²) < 4.78 is 31.4. The molecular formula is C14H11F2NO2. The Morgan fingerprint density at radius 1 is 1.16 bits per heavy atom. The van der Waals surface area contributed by atoms with Crippen LogP contribution < -0.4 is 10.5 Å². The van der Waals surface area contributed by atoms with Gasteiger partial charge in [0.25, 0.3) is 0 Å². The lowest BCUT2D eigenvalue weighted by molar-refractivity contribution is 0.103. The van der Waals surface area contributed by atoms with E-state index in [2.05, 4.69) is 0 Å². The number of ketones is 1. The summed E-state index contributed by atoms with van der Waals surface area (Å²) in [6.45, 7) is 0. The van der Waals surface area contributed by atoms with Crippen LogP contribution in [0.15, 0.2) is 36.4 Å². The van der Waals surface area contributed by atoms with Gasteiger partial charge in [0.15, 0.2) is 17.3 Å². The van der Waals surface area contributed by atoms with E-state index in [-0.39, 0.29) is 22.6 Å². The van der Waals surface area contributed by atoms with Crippen molar-refractivity contribution < 1.29 is 18.3 Å². The SMILES string of the molecule is COc1ccc(C(=O)c2cc(F)ccc2N)cc1F. The standard InChI is InChI=1S/C14H11F2NO2/c1-19-13-5-2-8(6-11(13)16)14(18)10-7-9(15)3-4-12(10)17/h2-7H,17H2,1H3. The molecule has 2 aromatic carbocycles. The molecule has 0 aliphatic rings. The number of methoxy groups -OCH3 is 1. The van der Waals surface area contributed by atoms with Crippen LogP contribution in [0, 0.1) is 11.6 Å².